The number of imidazole rings is 1. The van der Waals surface area contributed by atoms with E-state index in [1.807, 2.05) is 23.1 Å². The van der Waals surface area contributed by atoms with Gasteiger partial charge in [-0.2, -0.15) is 10.2 Å². The van der Waals surface area contributed by atoms with E-state index in [9.17, 15) is 0 Å². The van der Waals surface area contributed by atoms with Gasteiger partial charge in [-0.3, -0.25) is 9.25 Å². The summed E-state index contributed by atoms with van der Waals surface area (Å²) in [7, 11) is 0. The number of fused-ring (bicyclic) bond motifs is 1. The zero-order chi connectivity index (χ0) is 17.3. The van der Waals surface area contributed by atoms with E-state index < -0.39 is 0 Å². The standard InChI is InChI=1S/C18H18N8/c1-2-14(11-24-13-20-12-22-24)8-15(3-1)25-6-5-21-18(25)17-9-16-10-19-4-7-26(16)23-17/h1-3,5-6,8-9,12-13,19H,4,7,10-11H2. The third kappa shape index (κ3) is 2.70. The van der Waals surface area contributed by atoms with E-state index in [0.717, 1.165) is 42.4 Å². The summed E-state index contributed by atoms with van der Waals surface area (Å²) in [5, 5.41) is 12.3. The van der Waals surface area contributed by atoms with Gasteiger partial charge in [0.2, 0.25) is 0 Å². The van der Waals surface area contributed by atoms with Crippen molar-refractivity contribution in [3.63, 3.8) is 0 Å². The van der Waals surface area contributed by atoms with Crippen LogP contribution in [-0.4, -0.2) is 40.6 Å². The Morgan fingerprint density at radius 3 is 3.08 bits per heavy atom. The lowest BCUT2D eigenvalue weighted by Crippen LogP contribution is -2.28. The molecule has 26 heavy (non-hydrogen) atoms. The molecule has 8 nitrogen and oxygen atoms in total. The van der Waals surface area contributed by atoms with Crippen LogP contribution in [0.4, 0.5) is 0 Å². The maximum Gasteiger partial charge on any atom is 0.165 e. The minimum atomic E-state index is 0.683. The normalized spacial score (nSPS) is 13.7. The highest BCUT2D eigenvalue weighted by atomic mass is 15.3. The molecule has 0 bridgehead atoms. The molecule has 130 valence electrons. The summed E-state index contributed by atoms with van der Waals surface area (Å²) in [5.41, 5.74) is 4.30. The maximum atomic E-state index is 4.73. The van der Waals surface area contributed by atoms with Crippen LogP contribution in [0.15, 0.2) is 55.4 Å². The van der Waals surface area contributed by atoms with Crippen molar-refractivity contribution in [1.82, 2.24) is 39.4 Å². The summed E-state index contributed by atoms with van der Waals surface area (Å²) >= 11 is 0. The molecule has 0 radical (unpaired) electrons. The fourth-order valence-electron chi connectivity index (χ4n) is 3.31. The van der Waals surface area contributed by atoms with Crippen LogP contribution in [0, 0.1) is 0 Å². The average molecular weight is 346 g/mol. The van der Waals surface area contributed by atoms with Crippen molar-refractivity contribution in [2.24, 2.45) is 0 Å². The van der Waals surface area contributed by atoms with Gasteiger partial charge in [-0.05, 0) is 23.8 Å². The van der Waals surface area contributed by atoms with Crippen molar-refractivity contribution in [3.05, 3.63) is 66.6 Å². The molecule has 8 heteroatoms. The van der Waals surface area contributed by atoms with Crippen LogP contribution in [0.2, 0.25) is 0 Å². The third-order valence-corrected chi connectivity index (χ3v) is 4.54. The second-order valence-corrected chi connectivity index (χ2v) is 6.30. The van der Waals surface area contributed by atoms with Gasteiger partial charge < -0.3 is 5.32 Å². The Morgan fingerprint density at radius 2 is 2.19 bits per heavy atom. The highest BCUT2D eigenvalue weighted by molar-refractivity contribution is 5.55. The molecular weight excluding hydrogens is 328 g/mol. The SMILES string of the molecule is c1cc(Cn2cncn2)cc(-n2ccnc2-c2cc3n(n2)CCNC3)c1. The number of nitrogens with one attached hydrogen (secondary N) is 1. The monoisotopic (exact) mass is 346 g/mol. The van der Waals surface area contributed by atoms with Crippen molar-refractivity contribution in [2.75, 3.05) is 6.54 Å². The number of rotatable bonds is 4. The lowest BCUT2D eigenvalue weighted by Gasteiger charge is -2.13. The molecule has 1 aliphatic heterocycles. The molecule has 1 N–H and O–H groups in total. The predicted octanol–water partition coefficient (Wildman–Crippen LogP) is 1.48. The molecule has 0 amide bonds. The summed E-state index contributed by atoms with van der Waals surface area (Å²) in [4.78, 5) is 8.55. The molecule has 0 atom stereocenters. The topological polar surface area (TPSA) is 78.4 Å². The Bertz CT molecular complexity index is 1000. The van der Waals surface area contributed by atoms with Crippen LogP contribution in [-0.2, 0) is 19.6 Å². The second-order valence-electron chi connectivity index (χ2n) is 6.30. The fraction of sp³-hybridized carbons (Fsp3) is 0.222. The minimum Gasteiger partial charge on any atom is -0.309 e. The molecule has 4 aromatic rings. The molecule has 0 fully saturated rings. The van der Waals surface area contributed by atoms with Crippen LogP contribution in [0.25, 0.3) is 17.2 Å². The minimum absolute atomic E-state index is 0.683. The molecule has 4 heterocycles. The van der Waals surface area contributed by atoms with E-state index in [-0.39, 0.29) is 0 Å². The van der Waals surface area contributed by atoms with E-state index in [0.29, 0.717) is 6.54 Å². The highest BCUT2D eigenvalue weighted by Crippen LogP contribution is 2.23. The van der Waals surface area contributed by atoms with E-state index in [2.05, 4.69) is 53.9 Å². The van der Waals surface area contributed by atoms with Crippen LogP contribution in [0.3, 0.4) is 0 Å². The third-order valence-electron chi connectivity index (χ3n) is 4.54. The first-order chi connectivity index (χ1) is 12.9. The Kier molecular flexibility index (Phi) is 3.60. The number of nitrogens with zero attached hydrogens (tertiary/aromatic N) is 7. The predicted molar refractivity (Wildman–Crippen MR) is 95.6 cm³/mol. The molecule has 0 aliphatic carbocycles. The highest BCUT2D eigenvalue weighted by Gasteiger charge is 2.16. The van der Waals surface area contributed by atoms with Gasteiger partial charge >= 0.3 is 0 Å². The van der Waals surface area contributed by atoms with Crippen LogP contribution in [0.1, 0.15) is 11.3 Å². The van der Waals surface area contributed by atoms with Crippen molar-refractivity contribution < 1.29 is 0 Å². The number of aromatic nitrogens is 7. The lowest BCUT2D eigenvalue weighted by atomic mass is 10.2. The Hall–Kier alpha value is -3.26. The second kappa shape index (κ2) is 6.23. The lowest BCUT2D eigenvalue weighted by molar-refractivity contribution is 0.476. The first-order valence-corrected chi connectivity index (χ1v) is 8.60. The summed E-state index contributed by atoms with van der Waals surface area (Å²) < 4.78 is 5.95. The van der Waals surface area contributed by atoms with Gasteiger partial charge in [-0.15, -0.1) is 0 Å². The summed E-state index contributed by atoms with van der Waals surface area (Å²) in [6.45, 7) is 3.37. The van der Waals surface area contributed by atoms with E-state index >= 15 is 0 Å². The summed E-state index contributed by atoms with van der Waals surface area (Å²) in [5.74, 6) is 0.852. The van der Waals surface area contributed by atoms with Gasteiger partial charge in [0.1, 0.15) is 18.3 Å². The van der Waals surface area contributed by atoms with Crippen molar-refractivity contribution >= 4 is 0 Å². The number of hydrogen-bond donors (Lipinski definition) is 1. The average Bonchev–Trinajstić information content (AvgIpc) is 3.41. The van der Waals surface area contributed by atoms with Crippen molar-refractivity contribution in [1.29, 1.82) is 0 Å². The van der Waals surface area contributed by atoms with Crippen LogP contribution >= 0.6 is 0 Å². The van der Waals surface area contributed by atoms with Crippen LogP contribution in [0.5, 0.6) is 0 Å². The molecule has 1 aromatic carbocycles. The molecular formula is C18H18N8. The Morgan fingerprint density at radius 1 is 1.19 bits per heavy atom. The van der Waals surface area contributed by atoms with Gasteiger partial charge in [0.05, 0.1) is 18.8 Å². The zero-order valence-electron chi connectivity index (χ0n) is 14.2. The molecule has 0 unspecified atom stereocenters. The van der Waals surface area contributed by atoms with Gasteiger partial charge in [-0.1, -0.05) is 12.1 Å². The number of hydrogen-bond acceptors (Lipinski definition) is 5. The first kappa shape index (κ1) is 15.0. The van der Waals surface area contributed by atoms with Crippen molar-refractivity contribution in [2.45, 2.75) is 19.6 Å². The zero-order valence-corrected chi connectivity index (χ0v) is 14.2. The van der Waals surface area contributed by atoms with E-state index in [1.165, 1.54) is 5.69 Å². The van der Waals surface area contributed by atoms with E-state index in [4.69, 9.17) is 5.10 Å². The van der Waals surface area contributed by atoms with Crippen molar-refractivity contribution in [3.8, 4) is 17.2 Å². The Balaban J connectivity index is 1.50. The van der Waals surface area contributed by atoms with E-state index in [1.54, 1.807) is 12.7 Å². The molecule has 5 rings (SSSR count). The molecule has 3 aromatic heterocycles. The summed E-state index contributed by atoms with van der Waals surface area (Å²) in [6.07, 6.45) is 7.06. The van der Waals surface area contributed by atoms with Gasteiger partial charge in [-0.25, -0.2) is 14.6 Å². The quantitative estimate of drug-likeness (QED) is 0.605. The molecule has 1 aliphatic rings. The molecule has 0 saturated heterocycles. The summed E-state index contributed by atoms with van der Waals surface area (Å²) in [6, 6.07) is 10.5. The van der Waals surface area contributed by atoms with Gasteiger partial charge in [0.25, 0.3) is 0 Å². The van der Waals surface area contributed by atoms with Gasteiger partial charge in [0.15, 0.2) is 5.82 Å². The Labute approximate surface area is 150 Å². The van der Waals surface area contributed by atoms with Crippen LogP contribution < -0.4 is 5.32 Å². The number of benzene rings is 1. The largest absolute Gasteiger partial charge is 0.309 e. The fourth-order valence-corrected chi connectivity index (χ4v) is 3.31. The molecule has 0 saturated carbocycles. The van der Waals surface area contributed by atoms with Gasteiger partial charge in [0, 0.05) is 31.2 Å². The smallest absolute Gasteiger partial charge is 0.165 e. The first-order valence-electron chi connectivity index (χ1n) is 8.60. The maximum absolute atomic E-state index is 4.73. The molecule has 0 spiro atoms.